The minimum atomic E-state index is -4.82. The van der Waals surface area contributed by atoms with Gasteiger partial charge in [0, 0.05) is 5.56 Å². The number of benzene rings is 1. The smallest absolute Gasteiger partial charge is 0.417 e. The average Bonchev–Trinajstić information content (AvgIpc) is 2.94. The van der Waals surface area contributed by atoms with Gasteiger partial charge in [-0.2, -0.15) is 18.4 Å². The number of pyridine rings is 1. The first-order valence-corrected chi connectivity index (χ1v) is 8.09. The number of aromatic nitrogens is 1. The third-order valence-electron chi connectivity index (χ3n) is 4.22. The van der Waals surface area contributed by atoms with Gasteiger partial charge in [-0.15, -0.1) is 0 Å². The molecule has 3 rings (SSSR count). The molecule has 138 valence electrons. The highest BCUT2D eigenvalue weighted by Gasteiger charge is 2.36. The number of nitriles is 1. The number of rotatable bonds is 3. The van der Waals surface area contributed by atoms with Crippen molar-refractivity contribution < 1.29 is 17.6 Å². The predicted octanol–water partition coefficient (Wildman–Crippen LogP) is 4.66. The summed E-state index contributed by atoms with van der Waals surface area (Å²) in [7, 11) is 0. The summed E-state index contributed by atoms with van der Waals surface area (Å²) in [6.07, 6.45) is -4.82. The van der Waals surface area contributed by atoms with Gasteiger partial charge in [-0.3, -0.25) is 4.79 Å². The maximum atomic E-state index is 13.5. The van der Waals surface area contributed by atoms with Crippen molar-refractivity contribution in [2.45, 2.75) is 26.6 Å². The van der Waals surface area contributed by atoms with E-state index in [1.807, 2.05) is 0 Å². The van der Waals surface area contributed by atoms with Crippen molar-refractivity contribution in [2.24, 2.45) is 0 Å². The molecule has 0 aliphatic heterocycles. The molecule has 0 atom stereocenters. The summed E-state index contributed by atoms with van der Waals surface area (Å²) >= 11 is 0. The summed E-state index contributed by atoms with van der Waals surface area (Å²) in [5.41, 5.74) is -1.97. The van der Waals surface area contributed by atoms with Gasteiger partial charge in [0.05, 0.1) is 17.8 Å². The van der Waals surface area contributed by atoms with Gasteiger partial charge in [0.25, 0.3) is 5.56 Å². The highest BCUT2D eigenvalue weighted by Crippen LogP contribution is 2.35. The Morgan fingerprint density at radius 2 is 1.81 bits per heavy atom. The number of aryl methyl sites for hydroxylation is 2. The van der Waals surface area contributed by atoms with Crippen LogP contribution in [0.5, 0.6) is 0 Å². The van der Waals surface area contributed by atoms with Crippen LogP contribution in [-0.2, 0) is 12.7 Å². The summed E-state index contributed by atoms with van der Waals surface area (Å²) in [6, 6.07) is 12.7. The number of halogens is 3. The average molecular weight is 372 g/mol. The van der Waals surface area contributed by atoms with Crippen molar-refractivity contribution in [1.29, 1.82) is 5.26 Å². The number of alkyl halides is 3. The van der Waals surface area contributed by atoms with E-state index >= 15 is 0 Å². The van der Waals surface area contributed by atoms with Crippen LogP contribution in [0.15, 0.2) is 51.7 Å². The van der Waals surface area contributed by atoms with Crippen LogP contribution in [0.2, 0.25) is 0 Å². The number of nitrogens with zero attached hydrogens (tertiary/aromatic N) is 2. The van der Waals surface area contributed by atoms with Crippen molar-refractivity contribution in [3.63, 3.8) is 0 Å². The molecule has 0 aliphatic carbocycles. The van der Waals surface area contributed by atoms with Gasteiger partial charge in [0.2, 0.25) is 0 Å². The molecule has 0 radical (unpaired) electrons. The summed E-state index contributed by atoms with van der Waals surface area (Å²) in [6.45, 7) is 3.32. The van der Waals surface area contributed by atoms with E-state index in [0.29, 0.717) is 17.1 Å². The molecule has 0 bridgehead atoms. The quantitative estimate of drug-likeness (QED) is 0.672. The molecule has 0 amide bonds. The minimum absolute atomic E-state index is 0.0332. The second-order valence-corrected chi connectivity index (χ2v) is 6.13. The predicted molar refractivity (Wildman–Crippen MR) is 93.1 cm³/mol. The largest absolute Gasteiger partial charge is 0.466 e. The maximum absolute atomic E-state index is 13.5. The maximum Gasteiger partial charge on any atom is 0.417 e. The van der Waals surface area contributed by atoms with Crippen molar-refractivity contribution in [2.75, 3.05) is 0 Å². The summed E-state index contributed by atoms with van der Waals surface area (Å²) in [5.74, 6) is 0.908. The van der Waals surface area contributed by atoms with Crippen LogP contribution < -0.4 is 5.56 Å². The van der Waals surface area contributed by atoms with Gasteiger partial charge in [-0.1, -0.05) is 30.3 Å². The van der Waals surface area contributed by atoms with Crippen LogP contribution in [0.25, 0.3) is 11.3 Å². The second-order valence-electron chi connectivity index (χ2n) is 6.13. The van der Waals surface area contributed by atoms with Crippen LogP contribution >= 0.6 is 0 Å². The SMILES string of the molecule is Cc1cc(-c2cc(C(F)(F)F)c(C#N)c(=O)n2Cc2ccccc2)c(C)o1. The Kier molecular flexibility index (Phi) is 4.66. The highest BCUT2D eigenvalue weighted by molar-refractivity contribution is 5.65. The zero-order valence-corrected chi connectivity index (χ0v) is 14.6. The monoisotopic (exact) mass is 372 g/mol. The van der Waals surface area contributed by atoms with Gasteiger partial charge >= 0.3 is 6.18 Å². The Morgan fingerprint density at radius 1 is 1.15 bits per heavy atom. The Balaban J connectivity index is 2.35. The topological polar surface area (TPSA) is 58.9 Å². The summed E-state index contributed by atoms with van der Waals surface area (Å²) < 4.78 is 47.0. The molecule has 1 aromatic carbocycles. The van der Waals surface area contributed by atoms with Gasteiger partial charge in [0.1, 0.15) is 23.2 Å². The van der Waals surface area contributed by atoms with Crippen molar-refractivity contribution in [3.8, 4) is 17.3 Å². The van der Waals surface area contributed by atoms with E-state index in [0.717, 1.165) is 11.6 Å². The summed E-state index contributed by atoms with van der Waals surface area (Å²) in [4.78, 5) is 12.8. The van der Waals surface area contributed by atoms with Crippen LogP contribution in [0.4, 0.5) is 13.2 Å². The Hall–Kier alpha value is -3.27. The normalized spacial score (nSPS) is 11.4. The van der Waals surface area contributed by atoms with Gasteiger partial charge in [-0.05, 0) is 31.5 Å². The Bertz CT molecular complexity index is 1090. The zero-order valence-electron chi connectivity index (χ0n) is 14.6. The van der Waals surface area contributed by atoms with Crippen LogP contribution in [0.3, 0.4) is 0 Å². The van der Waals surface area contributed by atoms with E-state index in [-0.39, 0.29) is 12.2 Å². The first kappa shape index (κ1) is 18.5. The number of hydrogen-bond donors (Lipinski definition) is 0. The fourth-order valence-corrected chi connectivity index (χ4v) is 3.01. The molecule has 0 saturated heterocycles. The molecule has 27 heavy (non-hydrogen) atoms. The van der Waals surface area contributed by atoms with Gasteiger partial charge in [0.15, 0.2) is 0 Å². The minimum Gasteiger partial charge on any atom is -0.466 e. The standard InChI is InChI=1S/C20H15F3N2O2/c1-12-8-15(13(2)27-12)18-9-17(20(21,22)23)16(10-24)19(26)25(18)11-14-6-4-3-5-7-14/h3-9H,11H2,1-2H3. The molecule has 2 aromatic heterocycles. The molecule has 0 N–H and O–H groups in total. The molecule has 0 fully saturated rings. The lowest BCUT2D eigenvalue weighted by molar-refractivity contribution is -0.137. The lowest BCUT2D eigenvalue weighted by Gasteiger charge is -2.17. The van der Waals surface area contributed by atoms with E-state index in [2.05, 4.69) is 0 Å². The first-order chi connectivity index (χ1) is 12.7. The molecular weight excluding hydrogens is 357 g/mol. The molecule has 2 heterocycles. The second kappa shape index (κ2) is 6.80. The van der Waals surface area contributed by atoms with E-state index in [4.69, 9.17) is 4.42 Å². The van der Waals surface area contributed by atoms with Crippen molar-refractivity contribution in [3.05, 3.63) is 81.0 Å². The highest BCUT2D eigenvalue weighted by atomic mass is 19.4. The molecule has 0 aliphatic rings. The van der Waals surface area contributed by atoms with Gasteiger partial charge in [-0.25, -0.2) is 0 Å². The number of hydrogen-bond acceptors (Lipinski definition) is 3. The van der Waals surface area contributed by atoms with Crippen LogP contribution in [0, 0.1) is 25.2 Å². The third kappa shape index (κ3) is 3.51. The zero-order chi connectivity index (χ0) is 19.8. The molecule has 7 heteroatoms. The van der Waals surface area contributed by atoms with E-state index in [1.54, 1.807) is 50.2 Å². The fraction of sp³-hybridized carbons (Fsp3) is 0.200. The van der Waals surface area contributed by atoms with Crippen molar-refractivity contribution in [1.82, 2.24) is 4.57 Å². The lowest BCUT2D eigenvalue weighted by Crippen LogP contribution is -2.28. The van der Waals surface area contributed by atoms with Crippen LogP contribution in [-0.4, -0.2) is 4.57 Å². The van der Waals surface area contributed by atoms with E-state index < -0.39 is 22.9 Å². The fourth-order valence-electron chi connectivity index (χ4n) is 3.01. The number of furan rings is 1. The molecule has 0 spiro atoms. The molecular formula is C20H15F3N2O2. The molecule has 3 aromatic rings. The van der Waals surface area contributed by atoms with E-state index in [1.165, 1.54) is 10.6 Å². The molecule has 0 unspecified atom stereocenters. The molecule has 4 nitrogen and oxygen atoms in total. The van der Waals surface area contributed by atoms with Crippen LogP contribution in [0.1, 0.15) is 28.2 Å². The van der Waals surface area contributed by atoms with Crippen molar-refractivity contribution >= 4 is 0 Å². The van der Waals surface area contributed by atoms with Gasteiger partial charge < -0.3 is 8.98 Å². The lowest BCUT2D eigenvalue weighted by atomic mass is 10.0. The van der Waals surface area contributed by atoms with E-state index in [9.17, 15) is 23.2 Å². The third-order valence-corrected chi connectivity index (χ3v) is 4.22. The first-order valence-electron chi connectivity index (χ1n) is 8.09. The Morgan fingerprint density at radius 3 is 2.33 bits per heavy atom. The molecule has 0 saturated carbocycles. The summed E-state index contributed by atoms with van der Waals surface area (Å²) in [5, 5.41) is 9.19. The Labute approximate surface area is 153 Å².